The standard InChI is InChI=1S/C19H25ClN4O5/c1-19(27)14(26)18(29-15(19)13(25)10-3-5-11(20)6-4-10)24-8-7-12-16(23-28-2)21-9-22-17(12)24/h3-8,12-15,17-18,22,25-27H,9H2,1-2H3,(H,21,23)/t12?,13-,14+,15-,17?,18-,19+/m1/s1. The largest absolute Gasteiger partial charge is 0.386 e. The van der Waals surface area contributed by atoms with Crippen LogP contribution in [0.3, 0.4) is 0 Å². The van der Waals surface area contributed by atoms with Gasteiger partial charge < -0.3 is 25.0 Å². The van der Waals surface area contributed by atoms with E-state index in [1.54, 1.807) is 35.4 Å². The number of hydrogen-bond acceptors (Lipinski definition) is 9. The summed E-state index contributed by atoms with van der Waals surface area (Å²) in [5, 5.41) is 36.5. The molecule has 0 spiro atoms. The van der Waals surface area contributed by atoms with Crippen LogP contribution in [0.5, 0.6) is 0 Å². The van der Waals surface area contributed by atoms with Crippen molar-refractivity contribution < 1.29 is 24.9 Å². The van der Waals surface area contributed by atoms with Crippen molar-refractivity contribution >= 4 is 17.4 Å². The van der Waals surface area contributed by atoms with Crippen molar-refractivity contribution in [1.82, 2.24) is 15.7 Å². The predicted molar refractivity (Wildman–Crippen MR) is 106 cm³/mol. The average Bonchev–Trinajstić information content (AvgIpc) is 3.22. The number of nitrogens with one attached hydrogen (secondary N) is 2. The predicted octanol–water partition coefficient (Wildman–Crippen LogP) is 0.0920. The minimum Gasteiger partial charge on any atom is -0.386 e. The van der Waals surface area contributed by atoms with Crippen molar-refractivity contribution in [3.05, 3.63) is 47.1 Å². The first kappa shape index (κ1) is 20.5. The topological polar surface area (TPSA) is 119 Å². The number of aliphatic hydroxyl groups is 3. The van der Waals surface area contributed by atoms with E-state index in [0.717, 1.165) is 0 Å². The molecule has 0 amide bonds. The maximum absolute atomic E-state index is 11.0. The van der Waals surface area contributed by atoms with Gasteiger partial charge in [-0.1, -0.05) is 29.8 Å². The Bertz CT molecular complexity index is 802. The molecule has 3 aliphatic rings. The Kier molecular flexibility index (Phi) is 5.56. The van der Waals surface area contributed by atoms with Gasteiger partial charge in [-0.15, -0.1) is 0 Å². The Labute approximate surface area is 173 Å². The van der Waals surface area contributed by atoms with E-state index in [0.29, 0.717) is 23.1 Å². The molecule has 3 aliphatic heterocycles. The summed E-state index contributed by atoms with van der Waals surface area (Å²) in [6, 6.07) is 6.64. The third-order valence-corrected chi connectivity index (χ3v) is 5.97. The molecule has 2 unspecified atom stereocenters. The van der Waals surface area contributed by atoms with Gasteiger partial charge >= 0.3 is 0 Å². The molecule has 10 heteroatoms. The number of halogens is 1. The summed E-state index contributed by atoms with van der Waals surface area (Å²) in [6.45, 7) is 1.83. The van der Waals surface area contributed by atoms with E-state index in [1.807, 2.05) is 6.08 Å². The summed E-state index contributed by atoms with van der Waals surface area (Å²) in [5.41, 5.74) is 1.64. The van der Waals surface area contributed by atoms with E-state index in [-0.39, 0.29) is 12.1 Å². The Balaban J connectivity index is 1.55. The van der Waals surface area contributed by atoms with Crippen LogP contribution in [0.15, 0.2) is 41.5 Å². The summed E-state index contributed by atoms with van der Waals surface area (Å²) >= 11 is 5.92. The third kappa shape index (κ3) is 3.53. The zero-order valence-corrected chi connectivity index (χ0v) is 16.8. The lowest BCUT2D eigenvalue weighted by molar-refractivity contribution is -0.125. The van der Waals surface area contributed by atoms with Gasteiger partial charge in [0, 0.05) is 11.2 Å². The third-order valence-electron chi connectivity index (χ3n) is 5.72. The Hall–Kier alpha value is -1.72. The first-order chi connectivity index (χ1) is 13.8. The van der Waals surface area contributed by atoms with Gasteiger partial charge in [0.15, 0.2) is 6.23 Å². The fourth-order valence-corrected chi connectivity index (χ4v) is 4.23. The second-order valence-corrected chi connectivity index (χ2v) is 8.02. The summed E-state index contributed by atoms with van der Waals surface area (Å²) < 4.78 is 6.02. The minimum atomic E-state index is -1.67. The van der Waals surface area contributed by atoms with Gasteiger partial charge in [-0.05, 0) is 24.6 Å². The average molecular weight is 425 g/mol. The summed E-state index contributed by atoms with van der Waals surface area (Å²) in [7, 11) is 1.51. The molecule has 0 aliphatic carbocycles. The number of aliphatic hydroxyl groups excluding tert-OH is 2. The van der Waals surface area contributed by atoms with Gasteiger partial charge in [0.25, 0.3) is 0 Å². The molecule has 1 saturated heterocycles. The Morgan fingerprint density at radius 2 is 2.14 bits per heavy atom. The van der Waals surface area contributed by atoms with Crippen LogP contribution in [0.4, 0.5) is 0 Å². The van der Waals surface area contributed by atoms with E-state index in [2.05, 4.69) is 15.8 Å². The Morgan fingerprint density at radius 1 is 1.41 bits per heavy atom. The normalized spacial score (nSPS) is 37.4. The van der Waals surface area contributed by atoms with Crippen molar-refractivity contribution in [3.8, 4) is 0 Å². The number of fused-ring (bicyclic) bond motifs is 1. The maximum Gasteiger partial charge on any atom is 0.160 e. The molecule has 0 aromatic heterocycles. The molecule has 1 fully saturated rings. The number of aliphatic imine (C=N–C) groups is 1. The van der Waals surface area contributed by atoms with Crippen LogP contribution in [0.25, 0.3) is 0 Å². The van der Waals surface area contributed by atoms with Gasteiger partial charge in [0.2, 0.25) is 0 Å². The lowest BCUT2D eigenvalue weighted by Crippen LogP contribution is -2.58. The highest BCUT2D eigenvalue weighted by molar-refractivity contribution is 6.30. The van der Waals surface area contributed by atoms with Crippen molar-refractivity contribution in [2.24, 2.45) is 10.9 Å². The van der Waals surface area contributed by atoms with Crippen LogP contribution in [0, 0.1) is 5.92 Å². The van der Waals surface area contributed by atoms with E-state index in [4.69, 9.17) is 21.2 Å². The Morgan fingerprint density at radius 3 is 2.83 bits per heavy atom. The van der Waals surface area contributed by atoms with Crippen molar-refractivity contribution in [1.29, 1.82) is 0 Å². The van der Waals surface area contributed by atoms with Crippen molar-refractivity contribution in [3.63, 3.8) is 0 Å². The molecule has 0 radical (unpaired) electrons. The summed E-state index contributed by atoms with van der Waals surface area (Å²) in [5.74, 6) is 0.525. The first-order valence-corrected chi connectivity index (χ1v) is 9.74. The van der Waals surface area contributed by atoms with Gasteiger partial charge in [-0.3, -0.25) is 20.6 Å². The molecule has 5 N–H and O–H groups in total. The highest BCUT2D eigenvalue weighted by atomic mass is 35.5. The molecule has 0 saturated carbocycles. The molecule has 1 aromatic rings. The highest BCUT2D eigenvalue weighted by Crippen LogP contribution is 2.41. The monoisotopic (exact) mass is 424 g/mol. The fraction of sp³-hybridized carbons (Fsp3) is 0.526. The molecule has 7 atom stereocenters. The first-order valence-electron chi connectivity index (χ1n) is 9.36. The molecule has 4 rings (SSSR count). The fourth-order valence-electron chi connectivity index (χ4n) is 4.11. The number of ether oxygens (including phenoxy) is 1. The van der Waals surface area contributed by atoms with Crippen LogP contribution in [-0.4, -0.2) is 70.0 Å². The zero-order valence-electron chi connectivity index (χ0n) is 16.1. The van der Waals surface area contributed by atoms with E-state index in [9.17, 15) is 15.3 Å². The van der Waals surface area contributed by atoms with Gasteiger partial charge in [-0.25, -0.2) is 0 Å². The van der Waals surface area contributed by atoms with Crippen molar-refractivity contribution in [2.75, 3.05) is 13.8 Å². The number of benzene rings is 1. The minimum absolute atomic E-state index is 0.135. The molecule has 29 heavy (non-hydrogen) atoms. The molecule has 3 heterocycles. The molecule has 1 aromatic carbocycles. The molecule has 158 valence electrons. The second kappa shape index (κ2) is 7.84. The van der Waals surface area contributed by atoms with Crippen LogP contribution in [0.2, 0.25) is 5.02 Å². The smallest absolute Gasteiger partial charge is 0.160 e. The van der Waals surface area contributed by atoms with E-state index >= 15 is 0 Å². The van der Waals surface area contributed by atoms with E-state index < -0.39 is 30.1 Å². The highest BCUT2D eigenvalue weighted by Gasteiger charge is 2.58. The molecular formula is C19H25ClN4O5. The van der Waals surface area contributed by atoms with Crippen LogP contribution in [-0.2, 0) is 9.57 Å². The number of rotatable bonds is 4. The number of nitrogens with zero attached hydrogens (tertiary/aromatic N) is 2. The van der Waals surface area contributed by atoms with Crippen molar-refractivity contribution in [2.45, 2.75) is 43.2 Å². The van der Waals surface area contributed by atoms with Gasteiger partial charge in [0.05, 0.1) is 25.9 Å². The zero-order chi connectivity index (χ0) is 20.8. The van der Waals surface area contributed by atoms with Gasteiger partial charge in [-0.2, -0.15) is 0 Å². The summed E-state index contributed by atoms with van der Waals surface area (Å²) in [6.07, 6.45) is -0.834. The number of amidine groups is 1. The second-order valence-electron chi connectivity index (χ2n) is 7.59. The number of hydroxylamine groups is 1. The molecule has 9 nitrogen and oxygen atoms in total. The lowest BCUT2D eigenvalue weighted by atomic mass is 9.88. The summed E-state index contributed by atoms with van der Waals surface area (Å²) in [4.78, 5) is 11.1. The molecular weight excluding hydrogens is 400 g/mol. The van der Waals surface area contributed by atoms with Gasteiger partial charge in [0.1, 0.15) is 29.7 Å². The quantitative estimate of drug-likeness (QED) is 0.432. The lowest BCUT2D eigenvalue weighted by Gasteiger charge is -2.37. The number of hydrogen-bond donors (Lipinski definition) is 5. The SMILES string of the molecule is CONC1=NCNC2C1C=CN2[C@@H]1O[C@H]([C@H](O)c2ccc(Cl)cc2)[C@@](C)(O)[C@H]1O. The molecule has 0 bridgehead atoms. The van der Waals surface area contributed by atoms with Crippen LogP contribution >= 0.6 is 11.6 Å². The van der Waals surface area contributed by atoms with E-state index in [1.165, 1.54) is 14.0 Å². The van der Waals surface area contributed by atoms with Crippen LogP contribution in [0.1, 0.15) is 18.6 Å². The van der Waals surface area contributed by atoms with Crippen LogP contribution < -0.4 is 10.8 Å². The maximum atomic E-state index is 11.0.